The van der Waals surface area contributed by atoms with Crippen LogP contribution in [0.4, 0.5) is 0 Å². The van der Waals surface area contributed by atoms with Crippen molar-refractivity contribution in [3.05, 3.63) is 41.7 Å². The first-order valence-corrected chi connectivity index (χ1v) is 7.44. The Morgan fingerprint density at radius 1 is 1.33 bits per heavy atom. The van der Waals surface area contributed by atoms with Crippen molar-refractivity contribution in [2.24, 2.45) is 0 Å². The van der Waals surface area contributed by atoms with Crippen molar-refractivity contribution in [1.29, 1.82) is 0 Å². The Morgan fingerprint density at radius 3 is 2.81 bits per heavy atom. The summed E-state index contributed by atoms with van der Waals surface area (Å²) in [5, 5.41) is 9.87. The molecular weight excluding hydrogens is 310 g/mol. The third-order valence-electron chi connectivity index (χ3n) is 2.87. The van der Waals surface area contributed by atoms with Gasteiger partial charge in [0.15, 0.2) is 5.16 Å². The largest absolute Gasteiger partial charge is 0.481 e. The van der Waals surface area contributed by atoms with Crippen molar-refractivity contribution >= 4 is 40.4 Å². The number of halogens is 1. The molecule has 106 valence electrons. The average molecular weight is 320 g/mol. The first-order chi connectivity index (χ1) is 10.1. The van der Waals surface area contributed by atoms with E-state index in [1.807, 2.05) is 18.2 Å². The molecule has 0 unspecified atom stereocenters. The number of hydrogen-bond acceptors (Lipinski definition) is 4. The summed E-state index contributed by atoms with van der Waals surface area (Å²) < 4.78 is 0. The van der Waals surface area contributed by atoms with E-state index < -0.39 is 5.97 Å². The molecule has 0 amide bonds. The number of hydrogen-bond donors (Lipinski definition) is 2. The number of pyridine rings is 1. The number of fused-ring (bicyclic) bond motifs is 1. The van der Waals surface area contributed by atoms with E-state index in [0.717, 1.165) is 33.9 Å². The molecule has 2 N–H and O–H groups in total. The van der Waals surface area contributed by atoms with Gasteiger partial charge in [0.05, 0.1) is 21.8 Å². The molecule has 0 radical (unpaired) electrons. The van der Waals surface area contributed by atoms with E-state index in [1.54, 1.807) is 18.5 Å². The van der Waals surface area contributed by atoms with Crippen LogP contribution in [0.3, 0.4) is 0 Å². The van der Waals surface area contributed by atoms with Crippen LogP contribution < -0.4 is 0 Å². The number of aliphatic carboxylic acids is 1. The number of carboxylic acids is 1. The van der Waals surface area contributed by atoms with E-state index >= 15 is 0 Å². The van der Waals surface area contributed by atoms with Crippen LogP contribution in [-0.2, 0) is 4.79 Å². The average Bonchev–Trinajstić information content (AvgIpc) is 2.87. The molecule has 0 saturated heterocycles. The lowest BCUT2D eigenvalue weighted by Crippen LogP contribution is -1.97. The molecule has 21 heavy (non-hydrogen) atoms. The van der Waals surface area contributed by atoms with Crippen molar-refractivity contribution in [2.75, 3.05) is 5.75 Å². The highest BCUT2D eigenvalue weighted by Crippen LogP contribution is 2.32. The maximum atomic E-state index is 10.6. The lowest BCUT2D eigenvalue weighted by atomic mass is 10.1. The lowest BCUT2D eigenvalue weighted by Gasteiger charge is -2.03. The zero-order valence-corrected chi connectivity index (χ0v) is 12.3. The number of aromatic amines is 1. The van der Waals surface area contributed by atoms with Gasteiger partial charge >= 0.3 is 5.97 Å². The second-order valence-electron chi connectivity index (χ2n) is 4.31. The minimum Gasteiger partial charge on any atom is -0.481 e. The molecule has 1 aromatic carbocycles. The Balaban J connectivity index is 2.01. The molecule has 0 aliphatic carbocycles. The minimum atomic E-state index is -0.879. The third-order valence-corrected chi connectivity index (χ3v) is 4.04. The molecule has 5 nitrogen and oxygen atoms in total. The molecule has 0 atom stereocenters. The summed E-state index contributed by atoms with van der Waals surface area (Å²) in [6, 6.07) is 7.43. The summed E-state index contributed by atoms with van der Waals surface area (Å²) >= 11 is 7.45. The van der Waals surface area contributed by atoms with Crippen molar-refractivity contribution in [1.82, 2.24) is 15.0 Å². The standard InChI is InChI=1S/C14H10ClN3O2S/c15-10-6-12-11(17-14(18-12)21-7-13(19)20)5-9(10)8-1-3-16-4-2-8/h1-6H,7H2,(H,17,18)(H,19,20). The molecule has 0 spiro atoms. The highest BCUT2D eigenvalue weighted by atomic mass is 35.5. The van der Waals surface area contributed by atoms with Crippen molar-refractivity contribution < 1.29 is 9.90 Å². The number of carbonyl (C=O) groups is 1. The molecule has 2 heterocycles. The first-order valence-electron chi connectivity index (χ1n) is 6.08. The smallest absolute Gasteiger partial charge is 0.313 e. The van der Waals surface area contributed by atoms with Gasteiger partial charge in [0.25, 0.3) is 0 Å². The van der Waals surface area contributed by atoms with Crippen LogP contribution in [0.25, 0.3) is 22.2 Å². The maximum absolute atomic E-state index is 10.6. The van der Waals surface area contributed by atoms with Gasteiger partial charge < -0.3 is 10.1 Å². The summed E-state index contributed by atoms with van der Waals surface area (Å²) in [7, 11) is 0. The third kappa shape index (κ3) is 3.01. The van der Waals surface area contributed by atoms with Crippen LogP contribution in [0, 0.1) is 0 Å². The maximum Gasteiger partial charge on any atom is 0.313 e. The number of aromatic nitrogens is 3. The molecular formula is C14H10ClN3O2S. The van der Waals surface area contributed by atoms with Crippen LogP contribution in [0.1, 0.15) is 0 Å². The van der Waals surface area contributed by atoms with E-state index in [4.69, 9.17) is 16.7 Å². The molecule has 0 aliphatic heterocycles. The second kappa shape index (κ2) is 5.75. The summed E-state index contributed by atoms with van der Waals surface area (Å²) in [6.45, 7) is 0. The van der Waals surface area contributed by atoms with E-state index in [2.05, 4.69) is 15.0 Å². The van der Waals surface area contributed by atoms with Crippen molar-refractivity contribution in [3.8, 4) is 11.1 Å². The van der Waals surface area contributed by atoms with Gasteiger partial charge in [-0.25, -0.2) is 4.98 Å². The summed E-state index contributed by atoms with van der Waals surface area (Å²) in [6.07, 6.45) is 3.41. The van der Waals surface area contributed by atoms with Gasteiger partial charge in [0, 0.05) is 18.0 Å². The molecule has 0 aliphatic rings. The fourth-order valence-corrected chi connectivity index (χ4v) is 2.84. The number of H-pyrrole nitrogens is 1. The summed E-state index contributed by atoms with van der Waals surface area (Å²) in [5.41, 5.74) is 3.36. The zero-order chi connectivity index (χ0) is 14.8. The SMILES string of the molecule is O=C(O)CSc1nc2cc(-c3ccncc3)c(Cl)cc2[nH]1. The highest BCUT2D eigenvalue weighted by Gasteiger charge is 2.10. The number of carboxylic acid groups (broad SMARTS) is 1. The number of thioether (sulfide) groups is 1. The lowest BCUT2D eigenvalue weighted by molar-refractivity contribution is -0.133. The molecule has 3 aromatic rings. The molecule has 0 bridgehead atoms. The molecule has 3 rings (SSSR count). The quantitative estimate of drug-likeness (QED) is 0.720. The van der Waals surface area contributed by atoms with Gasteiger partial charge in [-0.05, 0) is 29.8 Å². The van der Waals surface area contributed by atoms with E-state index in [0.29, 0.717) is 10.2 Å². The van der Waals surface area contributed by atoms with Crippen LogP contribution in [-0.4, -0.2) is 31.8 Å². The minimum absolute atomic E-state index is 0.0369. The van der Waals surface area contributed by atoms with Gasteiger partial charge in [-0.1, -0.05) is 23.4 Å². The monoisotopic (exact) mass is 319 g/mol. The molecule has 7 heteroatoms. The Hall–Kier alpha value is -2.05. The molecule has 2 aromatic heterocycles. The van der Waals surface area contributed by atoms with E-state index in [1.165, 1.54) is 0 Å². The summed E-state index contributed by atoms with van der Waals surface area (Å²) in [4.78, 5) is 22.0. The Bertz CT molecular complexity index is 805. The van der Waals surface area contributed by atoms with Crippen LogP contribution in [0.2, 0.25) is 5.02 Å². The van der Waals surface area contributed by atoms with Gasteiger partial charge in [-0.15, -0.1) is 0 Å². The number of nitrogens with one attached hydrogen (secondary N) is 1. The number of rotatable bonds is 4. The Morgan fingerprint density at radius 2 is 2.10 bits per heavy atom. The van der Waals surface area contributed by atoms with Gasteiger partial charge in [-0.2, -0.15) is 0 Å². The Kier molecular flexibility index (Phi) is 3.81. The molecule has 0 fully saturated rings. The first kappa shape index (κ1) is 13.9. The van der Waals surface area contributed by atoms with Gasteiger partial charge in [0.1, 0.15) is 0 Å². The zero-order valence-electron chi connectivity index (χ0n) is 10.7. The topological polar surface area (TPSA) is 78.9 Å². The predicted molar refractivity (Wildman–Crippen MR) is 82.7 cm³/mol. The van der Waals surface area contributed by atoms with Gasteiger partial charge in [-0.3, -0.25) is 9.78 Å². The number of benzene rings is 1. The summed E-state index contributed by atoms with van der Waals surface area (Å²) in [5.74, 6) is -0.916. The van der Waals surface area contributed by atoms with Crippen molar-refractivity contribution in [2.45, 2.75) is 5.16 Å². The normalized spacial score (nSPS) is 10.9. The molecule has 0 saturated carbocycles. The fourth-order valence-electron chi connectivity index (χ4n) is 1.96. The number of nitrogens with zero attached hydrogens (tertiary/aromatic N) is 2. The fraction of sp³-hybridized carbons (Fsp3) is 0.0714. The predicted octanol–water partition coefficient (Wildman–Crippen LogP) is 3.46. The Labute approximate surface area is 129 Å². The van der Waals surface area contributed by atoms with Crippen LogP contribution >= 0.6 is 23.4 Å². The van der Waals surface area contributed by atoms with Crippen molar-refractivity contribution in [3.63, 3.8) is 0 Å². The van der Waals surface area contributed by atoms with Gasteiger partial charge in [0.2, 0.25) is 0 Å². The van der Waals surface area contributed by atoms with Crippen LogP contribution in [0.15, 0.2) is 41.8 Å². The highest BCUT2D eigenvalue weighted by molar-refractivity contribution is 7.99. The van der Waals surface area contributed by atoms with Crippen LogP contribution in [0.5, 0.6) is 0 Å². The number of imidazole rings is 1. The van der Waals surface area contributed by atoms with E-state index in [9.17, 15) is 4.79 Å². The second-order valence-corrected chi connectivity index (χ2v) is 5.68. The van der Waals surface area contributed by atoms with E-state index in [-0.39, 0.29) is 5.75 Å².